The molecule has 1 unspecified atom stereocenters. The van der Waals surface area contributed by atoms with Crippen LogP contribution < -0.4 is 0 Å². The Bertz CT molecular complexity index is 801. The van der Waals surface area contributed by atoms with Gasteiger partial charge in [-0.3, -0.25) is 4.90 Å². The van der Waals surface area contributed by atoms with Crippen molar-refractivity contribution in [2.24, 2.45) is 0 Å². The molecule has 33 heavy (non-hydrogen) atoms. The van der Waals surface area contributed by atoms with E-state index in [9.17, 15) is 9.59 Å². The highest BCUT2D eigenvalue weighted by atomic mass is 28.4. The summed E-state index contributed by atoms with van der Waals surface area (Å²) in [6.07, 6.45) is -1.02. The zero-order valence-corrected chi connectivity index (χ0v) is 22.8. The van der Waals surface area contributed by atoms with Gasteiger partial charge in [-0.25, -0.2) is 9.59 Å². The van der Waals surface area contributed by atoms with Crippen molar-refractivity contribution in [3.8, 4) is 0 Å². The molecular weight excluding hydrogens is 436 g/mol. The van der Waals surface area contributed by atoms with Crippen molar-refractivity contribution in [2.45, 2.75) is 91.0 Å². The fourth-order valence-electron chi connectivity index (χ4n) is 3.46. The lowest BCUT2D eigenvalue weighted by atomic mass is 10.1. The predicted molar refractivity (Wildman–Crippen MR) is 133 cm³/mol. The fourth-order valence-corrected chi connectivity index (χ4v) is 4.90. The van der Waals surface area contributed by atoms with Crippen LogP contribution in [0.1, 0.15) is 54.0 Å². The van der Waals surface area contributed by atoms with Crippen molar-refractivity contribution in [2.75, 3.05) is 19.6 Å². The Morgan fingerprint density at radius 1 is 1.03 bits per heavy atom. The Balaban J connectivity index is 2.16. The van der Waals surface area contributed by atoms with Crippen molar-refractivity contribution >= 4 is 20.5 Å². The maximum Gasteiger partial charge on any atom is 0.410 e. The number of carbonyl (C=O) groups is 2. The number of rotatable bonds is 5. The third kappa shape index (κ3) is 7.74. The van der Waals surface area contributed by atoms with E-state index in [0.717, 1.165) is 5.56 Å². The average molecular weight is 479 g/mol. The molecule has 0 aromatic heterocycles. The Hall–Kier alpha value is -2.06. The summed E-state index contributed by atoms with van der Waals surface area (Å²) in [6, 6.07) is 9.27. The third-order valence-corrected chi connectivity index (χ3v) is 10.9. The van der Waals surface area contributed by atoms with E-state index >= 15 is 0 Å². The van der Waals surface area contributed by atoms with E-state index in [1.54, 1.807) is 9.80 Å². The van der Waals surface area contributed by atoms with Crippen LogP contribution in [0.15, 0.2) is 30.3 Å². The summed E-state index contributed by atoms with van der Waals surface area (Å²) in [5.41, 5.74) is 0.334. The number of piperazine rings is 1. The lowest BCUT2D eigenvalue weighted by molar-refractivity contribution is -0.0257. The number of hydrogen-bond acceptors (Lipinski definition) is 5. The van der Waals surface area contributed by atoms with Crippen LogP contribution in [0.2, 0.25) is 18.1 Å². The van der Waals surface area contributed by atoms with Crippen LogP contribution in [0.3, 0.4) is 0 Å². The Morgan fingerprint density at radius 2 is 1.64 bits per heavy atom. The van der Waals surface area contributed by atoms with Gasteiger partial charge in [0.25, 0.3) is 0 Å². The first-order valence-corrected chi connectivity index (χ1v) is 14.6. The van der Waals surface area contributed by atoms with Crippen LogP contribution in [0.25, 0.3) is 0 Å². The second kappa shape index (κ2) is 10.5. The van der Waals surface area contributed by atoms with E-state index in [1.165, 1.54) is 0 Å². The lowest BCUT2D eigenvalue weighted by Gasteiger charge is -2.46. The highest BCUT2D eigenvalue weighted by molar-refractivity contribution is 6.74. The van der Waals surface area contributed by atoms with E-state index in [-0.39, 0.29) is 36.0 Å². The fraction of sp³-hybridized carbons (Fsp3) is 0.680. The van der Waals surface area contributed by atoms with Crippen LogP contribution in [-0.2, 0) is 20.5 Å². The van der Waals surface area contributed by atoms with Crippen molar-refractivity contribution in [1.29, 1.82) is 0 Å². The van der Waals surface area contributed by atoms with Gasteiger partial charge >= 0.3 is 12.2 Å². The molecule has 0 spiro atoms. The summed E-state index contributed by atoms with van der Waals surface area (Å²) in [5, 5.41) is 0.0287. The molecule has 2 amide bonds. The molecule has 1 aliphatic heterocycles. The summed E-state index contributed by atoms with van der Waals surface area (Å²) in [5.74, 6) is 0. The number of ether oxygens (including phenoxy) is 2. The minimum absolute atomic E-state index is 0.0287. The standard InChI is InChI=1S/C25H42N2O5Si/c1-19(32-33(8,9)25(5,6)7)21-17-26(15-16-27(21)23(29)31-24(2,3)4)22(28)30-18-20-13-11-10-12-14-20/h10-14,19,21H,15-18H2,1-9H3/t19-,21?/m1/s1. The first-order valence-electron chi connectivity index (χ1n) is 11.7. The van der Waals surface area contributed by atoms with E-state index in [0.29, 0.717) is 19.6 Å². The molecule has 0 saturated carbocycles. The van der Waals surface area contributed by atoms with Gasteiger partial charge in [0, 0.05) is 19.6 Å². The minimum atomic E-state index is -2.09. The monoisotopic (exact) mass is 478 g/mol. The molecule has 2 atom stereocenters. The second-order valence-electron chi connectivity index (χ2n) is 11.3. The number of carbonyl (C=O) groups excluding carboxylic acids is 2. The first-order chi connectivity index (χ1) is 15.1. The van der Waals surface area contributed by atoms with Gasteiger partial charge in [0.15, 0.2) is 8.32 Å². The summed E-state index contributed by atoms with van der Waals surface area (Å²) >= 11 is 0. The maximum absolute atomic E-state index is 13.0. The zero-order chi connectivity index (χ0) is 25.0. The first kappa shape index (κ1) is 27.2. The van der Waals surface area contributed by atoms with Crippen molar-refractivity contribution in [1.82, 2.24) is 9.80 Å². The molecule has 1 fully saturated rings. The topological polar surface area (TPSA) is 68.3 Å². The van der Waals surface area contributed by atoms with Gasteiger partial charge < -0.3 is 18.8 Å². The summed E-state index contributed by atoms with van der Waals surface area (Å²) in [4.78, 5) is 29.2. The largest absolute Gasteiger partial charge is 0.445 e. The average Bonchev–Trinajstić information content (AvgIpc) is 2.70. The molecule has 0 radical (unpaired) electrons. The lowest BCUT2D eigenvalue weighted by Crippen LogP contribution is -2.62. The normalized spacial score (nSPS) is 18.6. The van der Waals surface area contributed by atoms with Crippen molar-refractivity contribution in [3.05, 3.63) is 35.9 Å². The highest BCUT2D eigenvalue weighted by Crippen LogP contribution is 2.38. The molecular formula is C25H42N2O5Si. The summed E-state index contributed by atoms with van der Waals surface area (Å²) < 4.78 is 17.8. The van der Waals surface area contributed by atoms with Crippen molar-refractivity contribution < 1.29 is 23.5 Å². The van der Waals surface area contributed by atoms with Crippen molar-refractivity contribution in [3.63, 3.8) is 0 Å². The number of amides is 2. The van der Waals surface area contributed by atoms with E-state index in [4.69, 9.17) is 13.9 Å². The van der Waals surface area contributed by atoms with Gasteiger partial charge in [-0.2, -0.15) is 0 Å². The second-order valence-corrected chi connectivity index (χ2v) is 16.1. The van der Waals surface area contributed by atoms with E-state index in [1.807, 2.05) is 58.0 Å². The quantitative estimate of drug-likeness (QED) is 0.511. The smallest absolute Gasteiger partial charge is 0.410 e. The third-order valence-electron chi connectivity index (χ3n) is 6.34. The number of nitrogens with zero attached hydrogens (tertiary/aromatic N) is 2. The molecule has 0 N–H and O–H groups in total. The molecule has 1 heterocycles. The van der Waals surface area contributed by atoms with Crippen LogP contribution in [0.4, 0.5) is 9.59 Å². The van der Waals surface area contributed by atoms with E-state index < -0.39 is 13.9 Å². The molecule has 1 aromatic rings. The number of hydrogen-bond donors (Lipinski definition) is 0. The predicted octanol–water partition coefficient (Wildman–Crippen LogP) is 5.65. The SMILES string of the molecule is C[C@@H](O[Si](C)(C)C(C)(C)C)C1CN(C(=O)OCc2ccccc2)CCN1C(=O)OC(C)(C)C. The molecule has 0 aliphatic carbocycles. The van der Waals surface area contributed by atoms with Crippen LogP contribution in [0.5, 0.6) is 0 Å². The van der Waals surface area contributed by atoms with Gasteiger partial charge in [0.1, 0.15) is 12.2 Å². The van der Waals surface area contributed by atoms with Gasteiger partial charge in [0.05, 0.1) is 12.1 Å². The van der Waals surface area contributed by atoms with Gasteiger partial charge in [0.2, 0.25) is 0 Å². The molecule has 2 rings (SSSR count). The molecule has 1 aliphatic rings. The van der Waals surface area contributed by atoms with Crippen LogP contribution in [-0.4, -0.2) is 67.7 Å². The van der Waals surface area contributed by atoms with Crippen LogP contribution in [0, 0.1) is 0 Å². The number of benzene rings is 1. The molecule has 0 bridgehead atoms. The van der Waals surface area contributed by atoms with Gasteiger partial charge in [-0.05, 0) is 51.4 Å². The summed E-state index contributed by atoms with van der Waals surface area (Å²) in [6.45, 7) is 19.8. The van der Waals surface area contributed by atoms with Crippen LogP contribution >= 0.6 is 0 Å². The Labute approximate surface area is 200 Å². The molecule has 1 saturated heterocycles. The summed E-state index contributed by atoms with van der Waals surface area (Å²) in [7, 11) is -2.09. The zero-order valence-electron chi connectivity index (χ0n) is 21.8. The maximum atomic E-state index is 13.0. The molecule has 8 heteroatoms. The molecule has 186 valence electrons. The highest BCUT2D eigenvalue weighted by Gasteiger charge is 2.44. The van der Waals surface area contributed by atoms with Gasteiger partial charge in [-0.15, -0.1) is 0 Å². The molecule has 1 aromatic carbocycles. The Morgan fingerprint density at radius 3 is 2.18 bits per heavy atom. The minimum Gasteiger partial charge on any atom is -0.445 e. The van der Waals surface area contributed by atoms with E-state index in [2.05, 4.69) is 33.9 Å². The van der Waals surface area contributed by atoms with Gasteiger partial charge in [-0.1, -0.05) is 51.1 Å². The Kier molecular flexibility index (Phi) is 8.62. The molecule has 7 nitrogen and oxygen atoms in total.